The number of benzene rings is 1. The Hall–Kier alpha value is -2.90. The lowest BCUT2D eigenvalue weighted by Crippen LogP contribution is -2.53. The third-order valence-corrected chi connectivity index (χ3v) is 4.73. The summed E-state index contributed by atoms with van der Waals surface area (Å²) in [6.45, 7) is 7.05. The van der Waals surface area contributed by atoms with Crippen molar-refractivity contribution in [2.45, 2.75) is 27.3 Å². The van der Waals surface area contributed by atoms with E-state index in [1.165, 1.54) is 0 Å². The van der Waals surface area contributed by atoms with Gasteiger partial charge in [-0.25, -0.2) is 9.67 Å². The van der Waals surface area contributed by atoms with E-state index >= 15 is 0 Å². The number of rotatable bonds is 5. The summed E-state index contributed by atoms with van der Waals surface area (Å²) in [5.41, 5.74) is 0.785. The average molecular weight is 371 g/mol. The molecule has 1 unspecified atom stereocenters. The maximum atomic E-state index is 12.8. The fourth-order valence-electron chi connectivity index (χ4n) is 3.30. The third-order valence-electron chi connectivity index (χ3n) is 4.73. The molecule has 0 bridgehead atoms. The number of anilines is 1. The number of hydrogen-bond donors (Lipinski definition) is 0. The number of nitrogens with zero attached hydrogens (tertiary/aromatic N) is 5. The molecule has 0 saturated carbocycles. The van der Waals surface area contributed by atoms with Gasteiger partial charge in [-0.3, -0.25) is 9.59 Å². The van der Waals surface area contributed by atoms with E-state index in [2.05, 4.69) is 10.1 Å². The van der Waals surface area contributed by atoms with Gasteiger partial charge >= 0.3 is 0 Å². The number of piperazine rings is 1. The third kappa shape index (κ3) is 4.10. The van der Waals surface area contributed by atoms with Crippen molar-refractivity contribution in [1.82, 2.24) is 19.7 Å². The molecule has 1 aliphatic heterocycles. The van der Waals surface area contributed by atoms with Crippen LogP contribution < -0.4 is 9.64 Å². The molecule has 1 fully saturated rings. The van der Waals surface area contributed by atoms with Gasteiger partial charge in [0.25, 0.3) is 0 Å². The summed E-state index contributed by atoms with van der Waals surface area (Å²) < 4.78 is 6.97. The number of aryl methyl sites for hydroxylation is 2. The van der Waals surface area contributed by atoms with Crippen LogP contribution >= 0.6 is 0 Å². The van der Waals surface area contributed by atoms with Crippen LogP contribution in [0.15, 0.2) is 24.3 Å². The first-order valence-electron chi connectivity index (χ1n) is 9.00. The first kappa shape index (κ1) is 18.9. The normalized spacial score (nSPS) is 15.8. The second kappa shape index (κ2) is 7.77. The van der Waals surface area contributed by atoms with Crippen molar-refractivity contribution in [3.05, 3.63) is 35.9 Å². The van der Waals surface area contributed by atoms with Crippen molar-refractivity contribution in [1.29, 1.82) is 0 Å². The van der Waals surface area contributed by atoms with Gasteiger partial charge in [0, 0.05) is 24.8 Å². The van der Waals surface area contributed by atoms with Gasteiger partial charge in [0.05, 0.1) is 19.6 Å². The molecular formula is C19H25N5O3. The lowest BCUT2D eigenvalue weighted by Gasteiger charge is -2.35. The van der Waals surface area contributed by atoms with E-state index < -0.39 is 0 Å². The minimum atomic E-state index is -0.277. The molecule has 2 heterocycles. The molecule has 0 spiro atoms. The summed E-state index contributed by atoms with van der Waals surface area (Å²) in [6.07, 6.45) is 0. The van der Waals surface area contributed by atoms with E-state index in [4.69, 9.17) is 4.74 Å². The largest absolute Gasteiger partial charge is 0.497 e. The van der Waals surface area contributed by atoms with Crippen LogP contribution in [0.5, 0.6) is 5.75 Å². The predicted molar refractivity (Wildman–Crippen MR) is 101 cm³/mol. The van der Waals surface area contributed by atoms with Crippen molar-refractivity contribution in [2.24, 2.45) is 5.92 Å². The van der Waals surface area contributed by atoms with Crippen LogP contribution in [-0.2, 0) is 16.1 Å². The zero-order valence-electron chi connectivity index (χ0n) is 16.2. The van der Waals surface area contributed by atoms with Crippen molar-refractivity contribution in [3.8, 4) is 5.75 Å². The maximum absolute atomic E-state index is 12.8. The van der Waals surface area contributed by atoms with Crippen molar-refractivity contribution < 1.29 is 14.3 Å². The number of ether oxygens (including phenoxy) is 1. The molecule has 3 rings (SSSR count). The molecule has 1 saturated heterocycles. The minimum Gasteiger partial charge on any atom is -0.497 e. The van der Waals surface area contributed by atoms with E-state index in [0.717, 1.165) is 11.5 Å². The summed E-state index contributed by atoms with van der Waals surface area (Å²) in [7, 11) is 1.59. The van der Waals surface area contributed by atoms with Crippen LogP contribution in [0.4, 0.5) is 5.69 Å². The Kier molecular flexibility index (Phi) is 5.43. The Morgan fingerprint density at radius 1 is 1.30 bits per heavy atom. The minimum absolute atomic E-state index is 0.0406. The van der Waals surface area contributed by atoms with Crippen molar-refractivity contribution >= 4 is 17.5 Å². The van der Waals surface area contributed by atoms with Crippen molar-refractivity contribution in [2.75, 3.05) is 31.6 Å². The van der Waals surface area contributed by atoms with Gasteiger partial charge < -0.3 is 14.5 Å². The van der Waals surface area contributed by atoms with Crippen LogP contribution in [0.25, 0.3) is 0 Å². The molecule has 144 valence electrons. The van der Waals surface area contributed by atoms with E-state index in [1.807, 2.05) is 45.0 Å². The Morgan fingerprint density at radius 2 is 2.07 bits per heavy atom. The van der Waals surface area contributed by atoms with Crippen molar-refractivity contribution in [3.63, 3.8) is 0 Å². The number of amides is 2. The number of aromatic nitrogens is 3. The Morgan fingerprint density at radius 3 is 2.70 bits per heavy atom. The number of carbonyl (C=O) groups is 2. The van der Waals surface area contributed by atoms with Gasteiger partial charge in [-0.05, 0) is 26.0 Å². The van der Waals surface area contributed by atoms with Crippen LogP contribution in [0.2, 0.25) is 0 Å². The lowest BCUT2D eigenvalue weighted by atomic mass is 10.1. The Balaban J connectivity index is 1.63. The molecule has 2 aromatic rings. The molecule has 0 radical (unpaired) electrons. The highest BCUT2D eigenvalue weighted by Gasteiger charge is 2.30. The quantitative estimate of drug-likeness (QED) is 0.794. The molecule has 1 atom stereocenters. The summed E-state index contributed by atoms with van der Waals surface area (Å²) in [5.74, 6) is 1.76. The highest BCUT2D eigenvalue weighted by Crippen LogP contribution is 2.23. The second-order valence-corrected chi connectivity index (χ2v) is 6.80. The van der Waals surface area contributed by atoms with Gasteiger partial charge in [0.15, 0.2) is 0 Å². The fourth-order valence-corrected chi connectivity index (χ4v) is 3.30. The first-order valence-corrected chi connectivity index (χ1v) is 9.00. The van der Waals surface area contributed by atoms with E-state index in [9.17, 15) is 9.59 Å². The van der Waals surface area contributed by atoms with Gasteiger partial charge in [-0.15, -0.1) is 0 Å². The molecule has 0 N–H and O–H groups in total. The van der Waals surface area contributed by atoms with E-state index in [0.29, 0.717) is 31.2 Å². The molecular weight excluding hydrogens is 346 g/mol. The molecule has 8 heteroatoms. The van der Waals surface area contributed by atoms with Crippen LogP contribution in [0, 0.1) is 19.8 Å². The van der Waals surface area contributed by atoms with Crippen LogP contribution in [0.1, 0.15) is 18.6 Å². The Bertz CT molecular complexity index is 848. The molecule has 2 amide bonds. The highest BCUT2D eigenvalue weighted by molar-refractivity contribution is 5.98. The number of methoxy groups -OCH3 is 1. The van der Waals surface area contributed by atoms with Gasteiger partial charge in [-0.2, -0.15) is 5.10 Å². The fraction of sp³-hybridized carbons (Fsp3) is 0.474. The number of hydrogen-bond acceptors (Lipinski definition) is 5. The molecule has 8 nitrogen and oxygen atoms in total. The van der Waals surface area contributed by atoms with Crippen LogP contribution in [-0.4, -0.2) is 58.2 Å². The van der Waals surface area contributed by atoms with Crippen LogP contribution in [0.3, 0.4) is 0 Å². The second-order valence-electron chi connectivity index (χ2n) is 6.80. The van der Waals surface area contributed by atoms with Gasteiger partial charge in [0.1, 0.15) is 23.9 Å². The zero-order chi connectivity index (χ0) is 19.6. The first-order chi connectivity index (χ1) is 12.9. The summed E-state index contributed by atoms with van der Waals surface area (Å²) in [5, 5.41) is 4.31. The monoisotopic (exact) mass is 371 g/mol. The molecule has 1 aromatic heterocycles. The lowest BCUT2D eigenvalue weighted by molar-refractivity contribution is -0.140. The molecule has 27 heavy (non-hydrogen) atoms. The average Bonchev–Trinajstić information content (AvgIpc) is 2.97. The zero-order valence-corrected chi connectivity index (χ0v) is 16.2. The standard InChI is InChI=1S/C19H25N5O3/c1-13(11-24-15(3)20-14(2)21-24)19(26)22-8-9-23(18(25)12-22)16-6-5-7-17(10-16)27-4/h5-7,10,13H,8-9,11-12H2,1-4H3. The van der Waals surface area contributed by atoms with Gasteiger partial charge in [0.2, 0.25) is 11.8 Å². The maximum Gasteiger partial charge on any atom is 0.246 e. The topological polar surface area (TPSA) is 80.6 Å². The summed E-state index contributed by atoms with van der Waals surface area (Å²) >= 11 is 0. The predicted octanol–water partition coefficient (Wildman–Crippen LogP) is 1.42. The molecule has 1 aromatic carbocycles. The van der Waals surface area contributed by atoms with E-state index in [-0.39, 0.29) is 24.3 Å². The SMILES string of the molecule is COc1cccc(N2CCN(C(=O)C(C)Cn3nc(C)nc3C)CC2=O)c1. The van der Waals surface area contributed by atoms with Gasteiger partial charge in [-0.1, -0.05) is 13.0 Å². The molecule has 1 aliphatic rings. The Labute approximate surface area is 158 Å². The smallest absolute Gasteiger partial charge is 0.246 e. The van der Waals surface area contributed by atoms with E-state index in [1.54, 1.807) is 21.6 Å². The number of carbonyl (C=O) groups excluding carboxylic acids is 2. The summed E-state index contributed by atoms with van der Waals surface area (Å²) in [4.78, 5) is 33.0. The highest BCUT2D eigenvalue weighted by atomic mass is 16.5. The molecule has 0 aliphatic carbocycles. The summed E-state index contributed by atoms with van der Waals surface area (Å²) in [6, 6.07) is 7.39.